The number of anilines is 1. The van der Waals surface area contributed by atoms with Crippen molar-refractivity contribution in [3.63, 3.8) is 0 Å². The summed E-state index contributed by atoms with van der Waals surface area (Å²) in [7, 11) is 0. The average molecular weight is 283 g/mol. The number of carboxylic acids is 1. The van der Waals surface area contributed by atoms with Gasteiger partial charge in [0.25, 0.3) is 0 Å². The predicted molar refractivity (Wildman–Crippen MR) is 82.3 cm³/mol. The molecule has 3 nitrogen and oxygen atoms in total. The van der Waals surface area contributed by atoms with Gasteiger partial charge in [-0.1, -0.05) is 36.4 Å². The van der Waals surface area contributed by atoms with E-state index in [9.17, 15) is 9.90 Å². The first-order valence-corrected chi connectivity index (χ1v) is 7.14. The molecule has 0 spiro atoms. The molecule has 20 heavy (non-hydrogen) atoms. The van der Waals surface area contributed by atoms with Crippen LogP contribution in [0.1, 0.15) is 11.6 Å². The summed E-state index contributed by atoms with van der Waals surface area (Å²) in [5.41, 5.74) is 1.61. The highest BCUT2D eigenvalue weighted by molar-refractivity contribution is 7.17. The van der Waals surface area contributed by atoms with Crippen LogP contribution in [0.3, 0.4) is 0 Å². The average Bonchev–Trinajstić information content (AvgIpc) is 2.89. The van der Waals surface area contributed by atoms with Gasteiger partial charge in [0, 0.05) is 16.0 Å². The molecule has 0 amide bonds. The van der Waals surface area contributed by atoms with Gasteiger partial charge in [0.1, 0.15) is 0 Å². The highest BCUT2D eigenvalue weighted by Gasteiger charge is 2.22. The van der Waals surface area contributed by atoms with Gasteiger partial charge in [-0.2, -0.15) is 0 Å². The summed E-state index contributed by atoms with van der Waals surface area (Å²) < 4.78 is 1.10. The van der Waals surface area contributed by atoms with Gasteiger partial charge in [0.15, 0.2) is 6.04 Å². The summed E-state index contributed by atoms with van der Waals surface area (Å²) in [6.07, 6.45) is 0. The van der Waals surface area contributed by atoms with Crippen LogP contribution in [0.4, 0.5) is 5.69 Å². The number of para-hydroxylation sites is 1. The van der Waals surface area contributed by atoms with E-state index in [2.05, 4.69) is 5.32 Å². The zero-order valence-corrected chi connectivity index (χ0v) is 11.4. The second-order valence-corrected chi connectivity index (χ2v) is 5.38. The Morgan fingerprint density at radius 3 is 2.50 bits per heavy atom. The highest BCUT2D eigenvalue weighted by atomic mass is 32.1. The summed E-state index contributed by atoms with van der Waals surface area (Å²) in [6.45, 7) is 0. The number of hydrogen-bond donors (Lipinski definition) is 2. The molecule has 0 aliphatic rings. The van der Waals surface area contributed by atoms with Crippen molar-refractivity contribution in [1.82, 2.24) is 0 Å². The SMILES string of the molecule is O=C(O)[C@@H](Nc1ccccc1)c1csc2ccccc12. The molecule has 1 atom stereocenters. The Balaban J connectivity index is 2.01. The van der Waals surface area contributed by atoms with Crippen molar-refractivity contribution >= 4 is 33.1 Å². The Bertz CT molecular complexity index is 736. The molecule has 2 N–H and O–H groups in total. The van der Waals surface area contributed by atoms with Crippen molar-refractivity contribution in [3.05, 3.63) is 65.5 Å². The van der Waals surface area contributed by atoms with Crippen molar-refractivity contribution in [2.24, 2.45) is 0 Å². The molecule has 0 saturated carbocycles. The van der Waals surface area contributed by atoms with Crippen molar-refractivity contribution in [2.75, 3.05) is 5.32 Å². The number of carboxylic acid groups (broad SMARTS) is 1. The third-order valence-electron chi connectivity index (χ3n) is 3.15. The Hall–Kier alpha value is -2.33. The van der Waals surface area contributed by atoms with Crippen molar-refractivity contribution in [3.8, 4) is 0 Å². The molecule has 3 aromatic rings. The number of nitrogens with one attached hydrogen (secondary N) is 1. The quantitative estimate of drug-likeness (QED) is 0.756. The molecule has 100 valence electrons. The van der Waals surface area contributed by atoms with Gasteiger partial charge >= 0.3 is 5.97 Å². The van der Waals surface area contributed by atoms with Crippen LogP contribution in [0.2, 0.25) is 0 Å². The van der Waals surface area contributed by atoms with E-state index in [0.29, 0.717) is 0 Å². The summed E-state index contributed by atoms with van der Waals surface area (Å²) >= 11 is 1.57. The van der Waals surface area contributed by atoms with Gasteiger partial charge in [0.05, 0.1) is 0 Å². The van der Waals surface area contributed by atoms with Crippen LogP contribution in [0.5, 0.6) is 0 Å². The fourth-order valence-corrected chi connectivity index (χ4v) is 3.18. The van der Waals surface area contributed by atoms with Crippen LogP contribution in [0, 0.1) is 0 Å². The lowest BCUT2D eigenvalue weighted by Crippen LogP contribution is -2.20. The molecular formula is C16H13NO2S. The molecule has 2 aromatic carbocycles. The Kier molecular flexibility index (Phi) is 3.39. The number of hydrogen-bond acceptors (Lipinski definition) is 3. The Morgan fingerprint density at radius 2 is 1.75 bits per heavy atom. The molecule has 3 rings (SSSR count). The predicted octanol–water partition coefficient (Wildman–Crippen LogP) is 4.14. The summed E-state index contributed by atoms with van der Waals surface area (Å²) in [5.74, 6) is -0.877. The first kappa shape index (κ1) is 12.7. The van der Waals surface area contributed by atoms with Crippen LogP contribution in [-0.4, -0.2) is 11.1 Å². The largest absolute Gasteiger partial charge is 0.479 e. The molecule has 0 bridgehead atoms. The normalized spacial score (nSPS) is 12.2. The second kappa shape index (κ2) is 5.35. The highest BCUT2D eigenvalue weighted by Crippen LogP contribution is 2.32. The Morgan fingerprint density at radius 1 is 1.05 bits per heavy atom. The van der Waals surface area contributed by atoms with E-state index >= 15 is 0 Å². The first-order chi connectivity index (χ1) is 9.75. The van der Waals surface area contributed by atoms with Crippen LogP contribution in [0.15, 0.2) is 60.0 Å². The van der Waals surface area contributed by atoms with Gasteiger partial charge in [-0.15, -0.1) is 11.3 Å². The third-order valence-corrected chi connectivity index (χ3v) is 4.14. The van der Waals surface area contributed by atoms with Crippen molar-refractivity contribution in [1.29, 1.82) is 0 Å². The lowest BCUT2D eigenvalue weighted by atomic mass is 10.1. The first-order valence-electron chi connectivity index (χ1n) is 6.26. The van der Waals surface area contributed by atoms with Gasteiger partial charge in [-0.05, 0) is 29.0 Å². The van der Waals surface area contributed by atoms with E-state index in [0.717, 1.165) is 21.3 Å². The number of rotatable bonds is 4. The molecule has 0 aliphatic carbocycles. The topological polar surface area (TPSA) is 49.3 Å². The van der Waals surface area contributed by atoms with Crippen LogP contribution >= 0.6 is 11.3 Å². The van der Waals surface area contributed by atoms with Gasteiger partial charge in [-0.3, -0.25) is 0 Å². The maximum Gasteiger partial charge on any atom is 0.330 e. The van der Waals surface area contributed by atoms with E-state index in [4.69, 9.17) is 0 Å². The standard InChI is InChI=1S/C16H13NO2S/c18-16(19)15(17-11-6-2-1-3-7-11)13-10-20-14-9-5-4-8-12(13)14/h1-10,15,17H,(H,18,19)/t15-/m0/s1. The fraction of sp³-hybridized carbons (Fsp3) is 0.0625. The molecule has 1 heterocycles. The maximum absolute atomic E-state index is 11.6. The van der Waals surface area contributed by atoms with Crippen molar-refractivity contribution < 1.29 is 9.90 Å². The molecule has 0 saturated heterocycles. The smallest absolute Gasteiger partial charge is 0.330 e. The van der Waals surface area contributed by atoms with Gasteiger partial charge < -0.3 is 10.4 Å². The minimum absolute atomic E-state index is 0.742. The van der Waals surface area contributed by atoms with Crippen LogP contribution in [-0.2, 0) is 4.79 Å². The fourth-order valence-electron chi connectivity index (χ4n) is 2.20. The minimum atomic E-state index is -0.877. The zero-order chi connectivity index (χ0) is 13.9. The number of carbonyl (C=O) groups is 1. The van der Waals surface area contributed by atoms with Gasteiger partial charge in [-0.25, -0.2) is 4.79 Å². The summed E-state index contributed by atoms with van der Waals surface area (Å²) in [4.78, 5) is 11.6. The monoisotopic (exact) mass is 283 g/mol. The molecule has 0 aliphatic heterocycles. The molecule has 0 fully saturated rings. The molecular weight excluding hydrogens is 270 g/mol. The van der Waals surface area contributed by atoms with E-state index in [-0.39, 0.29) is 0 Å². The summed E-state index contributed by atoms with van der Waals surface area (Å²) in [5, 5.41) is 15.5. The molecule has 4 heteroatoms. The maximum atomic E-state index is 11.6. The number of thiophene rings is 1. The molecule has 0 unspecified atom stereocenters. The lowest BCUT2D eigenvalue weighted by molar-refractivity contribution is -0.138. The number of aliphatic carboxylic acids is 1. The number of benzene rings is 2. The van der Waals surface area contributed by atoms with Crippen LogP contribution < -0.4 is 5.32 Å². The van der Waals surface area contributed by atoms with E-state index in [1.54, 1.807) is 11.3 Å². The van der Waals surface area contributed by atoms with E-state index in [1.165, 1.54) is 0 Å². The van der Waals surface area contributed by atoms with Crippen molar-refractivity contribution in [2.45, 2.75) is 6.04 Å². The molecule has 1 aromatic heterocycles. The zero-order valence-electron chi connectivity index (χ0n) is 10.6. The van der Waals surface area contributed by atoms with E-state index in [1.807, 2.05) is 60.0 Å². The lowest BCUT2D eigenvalue weighted by Gasteiger charge is -2.15. The van der Waals surface area contributed by atoms with Crippen LogP contribution in [0.25, 0.3) is 10.1 Å². The third kappa shape index (κ3) is 2.38. The Labute approximate surface area is 120 Å². The summed E-state index contributed by atoms with van der Waals surface area (Å²) in [6, 6.07) is 16.5. The molecule has 0 radical (unpaired) electrons. The van der Waals surface area contributed by atoms with E-state index < -0.39 is 12.0 Å². The minimum Gasteiger partial charge on any atom is -0.479 e. The number of fused-ring (bicyclic) bond motifs is 1. The van der Waals surface area contributed by atoms with Gasteiger partial charge in [0.2, 0.25) is 0 Å². The second-order valence-electron chi connectivity index (χ2n) is 4.47.